The van der Waals surface area contributed by atoms with Crippen molar-refractivity contribution in [2.24, 2.45) is 17.3 Å². The number of ketones is 1. The summed E-state index contributed by atoms with van der Waals surface area (Å²) in [7, 11) is 0. The van der Waals surface area contributed by atoms with Gasteiger partial charge in [0.25, 0.3) is 0 Å². The minimum atomic E-state index is -1.30. The van der Waals surface area contributed by atoms with Crippen molar-refractivity contribution in [3.05, 3.63) is 33.3 Å². The first kappa shape index (κ1) is 30.3. The number of esters is 1. The highest BCUT2D eigenvalue weighted by atomic mass is 32.1. The molecular weight excluding hydrogens is 482 g/mol. The second-order valence-corrected chi connectivity index (χ2v) is 11.5. The molecular formula is C27H41NO7S. The number of ether oxygens (including phenoxy) is 1. The SMILES string of the molecule is C/C(=C\c1csc(C)n1)[C@@H]1C/C=C(/CO)C(O)CC[C@H](C)[C@H](O)[C@@H](C)C(=O)C(C)(C)[C@@H](O)CC(=O)O1. The van der Waals surface area contributed by atoms with E-state index in [1.165, 1.54) is 11.3 Å². The monoisotopic (exact) mass is 523 g/mol. The van der Waals surface area contributed by atoms with Gasteiger partial charge in [0.05, 0.1) is 47.5 Å². The number of aliphatic hydroxyl groups is 4. The van der Waals surface area contributed by atoms with E-state index in [4.69, 9.17) is 4.74 Å². The Morgan fingerprint density at radius 2 is 1.89 bits per heavy atom. The van der Waals surface area contributed by atoms with Crippen molar-refractivity contribution >= 4 is 29.2 Å². The van der Waals surface area contributed by atoms with Gasteiger partial charge in [0.15, 0.2) is 0 Å². The average molecular weight is 524 g/mol. The van der Waals surface area contributed by atoms with Crippen LogP contribution in [-0.2, 0) is 14.3 Å². The van der Waals surface area contributed by atoms with Crippen LogP contribution in [0.15, 0.2) is 22.6 Å². The molecule has 0 amide bonds. The molecule has 1 aromatic rings. The van der Waals surface area contributed by atoms with Crippen LogP contribution < -0.4 is 0 Å². The third-order valence-corrected chi connectivity index (χ3v) is 8.02. The van der Waals surface area contributed by atoms with E-state index >= 15 is 0 Å². The van der Waals surface area contributed by atoms with E-state index in [0.29, 0.717) is 17.6 Å². The number of aromatic nitrogens is 1. The van der Waals surface area contributed by atoms with Crippen molar-refractivity contribution in [1.29, 1.82) is 0 Å². The van der Waals surface area contributed by atoms with Crippen LogP contribution in [0.4, 0.5) is 0 Å². The number of cyclic esters (lactones) is 1. The first-order valence-corrected chi connectivity index (χ1v) is 13.3. The van der Waals surface area contributed by atoms with Gasteiger partial charge in [0.1, 0.15) is 11.9 Å². The van der Waals surface area contributed by atoms with Crippen molar-refractivity contribution in [2.45, 2.75) is 91.6 Å². The minimum Gasteiger partial charge on any atom is -0.457 e. The van der Waals surface area contributed by atoms with Gasteiger partial charge < -0.3 is 25.2 Å². The molecule has 0 saturated heterocycles. The maximum atomic E-state index is 13.2. The lowest BCUT2D eigenvalue weighted by Gasteiger charge is -2.34. The number of aliphatic hydroxyl groups excluding tert-OH is 4. The Balaban J connectivity index is 2.42. The predicted molar refractivity (Wildman–Crippen MR) is 139 cm³/mol. The quantitative estimate of drug-likeness (QED) is 0.350. The molecule has 6 atom stereocenters. The van der Waals surface area contributed by atoms with E-state index in [1.807, 2.05) is 25.3 Å². The van der Waals surface area contributed by atoms with Crippen LogP contribution in [0.5, 0.6) is 0 Å². The number of nitrogens with zero attached hydrogens (tertiary/aromatic N) is 1. The number of carbonyl (C=O) groups is 2. The summed E-state index contributed by atoms with van der Waals surface area (Å²) < 4.78 is 5.72. The number of rotatable bonds is 3. The van der Waals surface area contributed by atoms with Crippen LogP contribution in [0.3, 0.4) is 0 Å². The summed E-state index contributed by atoms with van der Waals surface area (Å²) in [5.74, 6) is -2.11. The Labute approximate surface area is 217 Å². The van der Waals surface area contributed by atoms with Gasteiger partial charge >= 0.3 is 5.97 Å². The van der Waals surface area contributed by atoms with Crippen molar-refractivity contribution in [1.82, 2.24) is 4.98 Å². The normalized spacial score (nSPS) is 33.1. The van der Waals surface area contributed by atoms with Gasteiger partial charge in [-0.05, 0) is 49.8 Å². The predicted octanol–water partition coefficient (Wildman–Crippen LogP) is 3.21. The van der Waals surface area contributed by atoms with Gasteiger partial charge in [0.2, 0.25) is 0 Å². The van der Waals surface area contributed by atoms with Crippen LogP contribution in [0.25, 0.3) is 6.08 Å². The Bertz CT molecular complexity index is 967. The second-order valence-electron chi connectivity index (χ2n) is 10.5. The number of hydrogen-bond acceptors (Lipinski definition) is 9. The highest BCUT2D eigenvalue weighted by Gasteiger charge is 2.42. The molecule has 0 spiro atoms. The fourth-order valence-electron chi connectivity index (χ4n) is 4.46. The van der Waals surface area contributed by atoms with Crippen molar-refractivity contribution in [2.75, 3.05) is 6.61 Å². The molecule has 1 unspecified atom stereocenters. The van der Waals surface area contributed by atoms with Crippen molar-refractivity contribution in [3.63, 3.8) is 0 Å². The molecule has 0 aromatic carbocycles. The Morgan fingerprint density at radius 3 is 2.47 bits per heavy atom. The molecule has 0 aliphatic carbocycles. The molecule has 202 valence electrons. The van der Waals surface area contributed by atoms with E-state index in [-0.39, 0.29) is 31.1 Å². The fraction of sp³-hybridized carbons (Fsp3) is 0.667. The average Bonchev–Trinajstić information content (AvgIpc) is 3.23. The molecule has 1 aromatic heterocycles. The van der Waals surface area contributed by atoms with Gasteiger partial charge in [-0.25, -0.2) is 4.98 Å². The van der Waals surface area contributed by atoms with Crippen LogP contribution in [0.1, 0.15) is 71.0 Å². The number of Topliss-reactive ketones (excluding diaryl/α,β-unsaturated/α-hetero) is 1. The standard InChI is InChI=1S/C27H41NO7S/c1-15-7-9-21(30)19(13-29)8-10-22(16(2)11-20-14-36-18(4)28-20)35-24(32)12-23(31)27(5,6)26(34)17(3)25(15)33/h8,11,14-15,17,21-23,25,29-31,33H,7,9-10,12-13H2,1-6H3/b16-11+,19-8-/t15-,17+,21?,22-,23-,25-/m0/s1. The summed E-state index contributed by atoms with van der Waals surface area (Å²) in [5, 5.41) is 45.0. The molecule has 36 heavy (non-hydrogen) atoms. The maximum Gasteiger partial charge on any atom is 0.309 e. The third kappa shape index (κ3) is 7.79. The van der Waals surface area contributed by atoms with Gasteiger partial charge in [-0.2, -0.15) is 0 Å². The Kier molecular flexibility index (Phi) is 11.0. The minimum absolute atomic E-state index is 0.206. The number of thiazole rings is 1. The maximum absolute atomic E-state index is 13.2. The molecule has 8 nitrogen and oxygen atoms in total. The fourth-order valence-corrected chi connectivity index (χ4v) is 5.03. The van der Waals surface area contributed by atoms with E-state index < -0.39 is 48.1 Å². The zero-order valence-electron chi connectivity index (χ0n) is 22.1. The second kappa shape index (κ2) is 13.1. The smallest absolute Gasteiger partial charge is 0.309 e. The van der Waals surface area contributed by atoms with Crippen molar-refractivity contribution in [3.8, 4) is 0 Å². The van der Waals surface area contributed by atoms with E-state index in [9.17, 15) is 30.0 Å². The molecule has 4 N–H and O–H groups in total. The third-order valence-electron chi connectivity index (χ3n) is 7.23. The van der Waals surface area contributed by atoms with Crippen LogP contribution >= 0.6 is 11.3 Å². The first-order chi connectivity index (χ1) is 16.8. The summed E-state index contributed by atoms with van der Waals surface area (Å²) in [6, 6.07) is 0. The van der Waals surface area contributed by atoms with E-state index in [2.05, 4.69) is 4.98 Å². The van der Waals surface area contributed by atoms with E-state index in [0.717, 1.165) is 10.7 Å². The molecule has 0 fully saturated rings. The highest BCUT2D eigenvalue weighted by molar-refractivity contribution is 7.09. The van der Waals surface area contributed by atoms with Gasteiger partial charge in [-0.3, -0.25) is 9.59 Å². The van der Waals surface area contributed by atoms with Crippen LogP contribution in [-0.4, -0.2) is 68.2 Å². The zero-order valence-corrected chi connectivity index (χ0v) is 22.9. The summed E-state index contributed by atoms with van der Waals surface area (Å²) >= 11 is 1.50. The van der Waals surface area contributed by atoms with Crippen LogP contribution in [0.2, 0.25) is 0 Å². The lowest BCUT2D eigenvalue weighted by atomic mass is 9.73. The lowest BCUT2D eigenvalue weighted by Crippen LogP contribution is -2.45. The summed E-state index contributed by atoms with van der Waals surface area (Å²) in [6.07, 6.45) is 0.0818. The molecule has 2 rings (SSSR count). The molecule has 1 aliphatic rings. The largest absolute Gasteiger partial charge is 0.457 e. The van der Waals surface area contributed by atoms with Crippen molar-refractivity contribution < 1.29 is 34.8 Å². The topological polar surface area (TPSA) is 137 Å². The summed E-state index contributed by atoms with van der Waals surface area (Å²) in [5.41, 5.74) is 0.566. The molecule has 9 heteroatoms. The molecule has 0 saturated carbocycles. The molecule has 0 bridgehead atoms. The summed E-state index contributed by atoms with van der Waals surface area (Å²) in [4.78, 5) is 30.5. The lowest BCUT2D eigenvalue weighted by molar-refractivity contribution is -0.154. The van der Waals surface area contributed by atoms with Gasteiger partial charge in [-0.1, -0.05) is 33.8 Å². The zero-order chi connectivity index (χ0) is 27.2. The number of hydrogen-bond donors (Lipinski definition) is 4. The Morgan fingerprint density at radius 1 is 1.22 bits per heavy atom. The molecule has 1 aliphatic heterocycles. The van der Waals surface area contributed by atoms with E-state index in [1.54, 1.807) is 33.8 Å². The Hall–Kier alpha value is -1.91. The number of carbonyl (C=O) groups excluding carboxylic acids is 2. The van der Waals surface area contributed by atoms with Gasteiger partial charge in [0, 0.05) is 17.7 Å². The molecule has 2 heterocycles. The summed E-state index contributed by atoms with van der Waals surface area (Å²) in [6.45, 7) is 9.88. The van der Waals surface area contributed by atoms with Crippen LogP contribution in [0, 0.1) is 24.2 Å². The van der Waals surface area contributed by atoms with Gasteiger partial charge in [-0.15, -0.1) is 11.3 Å². The highest BCUT2D eigenvalue weighted by Crippen LogP contribution is 2.32. The first-order valence-electron chi connectivity index (χ1n) is 12.5. The molecule has 0 radical (unpaired) electrons. The number of aryl methyl sites for hydroxylation is 1.